The van der Waals surface area contributed by atoms with E-state index in [1.165, 1.54) is 0 Å². The van der Waals surface area contributed by atoms with E-state index in [9.17, 15) is 70.2 Å². The van der Waals surface area contributed by atoms with E-state index in [2.05, 4.69) is 4.74 Å². The maximum absolute atomic E-state index is 13.4. The highest BCUT2D eigenvalue weighted by Gasteiger charge is 2.93. The van der Waals surface area contributed by atoms with Crippen molar-refractivity contribution in [1.82, 2.24) is 0 Å². The van der Waals surface area contributed by atoms with Gasteiger partial charge in [-0.2, -0.15) is 61.5 Å². The molecule has 0 radical (unpaired) electrons. The predicted molar refractivity (Wildman–Crippen MR) is 66.5 cm³/mol. The Hall–Kier alpha value is -1.24. The third-order valence-corrected chi connectivity index (χ3v) is 3.60. The Labute approximate surface area is 161 Å². The minimum Gasteiger partial charge on any atom is -0.389 e. The molecule has 1 atom stereocenters. The zero-order valence-corrected chi connectivity index (χ0v) is 14.3. The summed E-state index contributed by atoms with van der Waals surface area (Å²) in [6.45, 7) is -5.19. The van der Waals surface area contributed by atoms with Gasteiger partial charge in [-0.05, 0) is 0 Å². The fourth-order valence-corrected chi connectivity index (χ4v) is 1.65. The molecule has 0 saturated carbocycles. The SMILES string of the molecule is NCC(O)COCC(F)(F)C(F)(F)C(F)(F)C(F)(F)C(F)(F)C(F)(F)C(F)(F)C(F)F. The van der Waals surface area contributed by atoms with Gasteiger partial charge in [-0.1, -0.05) is 0 Å². The van der Waals surface area contributed by atoms with Crippen molar-refractivity contribution in [3.8, 4) is 0 Å². The molecule has 0 amide bonds. The van der Waals surface area contributed by atoms with E-state index in [1.54, 1.807) is 0 Å². The number of nitrogens with two attached hydrogens (primary N) is 1. The quantitative estimate of drug-likeness (QED) is 0.394. The van der Waals surface area contributed by atoms with E-state index < -0.39 is 73.7 Å². The number of hydrogen-bond acceptors (Lipinski definition) is 3. The van der Waals surface area contributed by atoms with Crippen molar-refractivity contribution < 1.29 is 80.1 Å². The van der Waals surface area contributed by atoms with Gasteiger partial charge in [-0.15, -0.1) is 0 Å². The first-order chi connectivity index (χ1) is 13.4. The lowest BCUT2D eigenvalue weighted by Gasteiger charge is -2.42. The summed E-state index contributed by atoms with van der Waals surface area (Å²) < 4.78 is 212. The van der Waals surface area contributed by atoms with Gasteiger partial charge in [0.1, 0.15) is 6.61 Å². The van der Waals surface area contributed by atoms with Crippen molar-refractivity contribution in [2.24, 2.45) is 5.73 Å². The maximum atomic E-state index is 13.4. The summed E-state index contributed by atoms with van der Waals surface area (Å²) in [5.74, 6) is -54.9. The fourth-order valence-electron chi connectivity index (χ4n) is 1.65. The summed E-state index contributed by atoms with van der Waals surface area (Å²) in [7, 11) is 0. The molecule has 19 heteroatoms. The maximum Gasteiger partial charge on any atom is 0.384 e. The van der Waals surface area contributed by atoms with Crippen LogP contribution in [0.15, 0.2) is 0 Å². The monoisotopic (exact) mass is 505 g/mol. The Morgan fingerprint density at radius 2 is 1.00 bits per heavy atom. The molecule has 3 N–H and O–H groups in total. The van der Waals surface area contributed by atoms with Crippen LogP contribution in [0.3, 0.4) is 0 Å². The molecule has 3 nitrogen and oxygen atoms in total. The fraction of sp³-hybridized carbons (Fsp3) is 1.00. The van der Waals surface area contributed by atoms with Crippen molar-refractivity contribution in [3.63, 3.8) is 0 Å². The lowest BCUT2D eigenvalue weighted by Crippen LogP contribution is -2.74. The van der Waals surface area contributed by atoms with Gasteiger partial charge in [0.15, 0.2) is 0 Å². The average Bonchev–Trinajstić information content (AvgIpc) is 2.59. The van der Waals surface area contributed by atoms with Crippen molar-refractivity contribution in [3.05, 3.63) is 0 Å². The molecule has 0 fully saturated rings. The molecule has 0 spiro atoms. The van der Waals surface area contributed by atoms with E-state index in [0.717, 1.165) is 0 Å². The van der Waals surface area contributed by atoms with E-state index >= 15 is 0 Å². The smallest absolute Gasteiger partial charge is 0.384 e. The Kier molecular flexibility index (Phi) is 8.26. The highest BCUT2D eigenvalue weighted by molar-refractivity contribution is 5.14. The molecule has 0 saturated heterocycles. The van der Waals surface area contributed by atoms with E-state index in [-0.39, 0.29) is 0 Å². The summed E-state index contributed by atoms with van der Waals surface area (Å²) in [5.41, 5.74) is 4.73. The first kappa shape index (κ1) is 29.8. The van der Waals surface area contributed by atoms with Gasteiger partial charge in [0.2, 0.25) is 0 Å². The zero-order valence-electron chi connectivity index (χ0n) is 14.3. The van der Waals surface area contributed by atoms with Gasteiger partial charge in [0.25, 0.3) is 0 Å². The van der Waals surface area contributed by atoms with Crippen molar-refractivity contribution in [1.29, 1.82) is 0 Å². The molecule has 0 bridgehead atoms. The third-order valence-electron chi connectivity index (χ3n) is 3.60. The van der Waals surface area contributed by atoms with Crippen molar-refractivity contribution in [2.75, 3.05) is 19.8 Å². The Balaban J connectivity index is 6.25. The summed E-state index contributed by atoms with van der Waals surface area (Å²) in [4.78, 5) is 0. The van der Waals surface area contributed by atoms with E-state index in [4.69, 9.17) is 10.8 Å². The third kappa shape index (κ3) is 4.49. The van der Waals surface area contributed by atoms with E-state index in [1.807, 2.05) is 0 Å². The normalized spacial score (nSPS) is 16.7. The van der Waals surface area contributed by atoms with Crippen LogP contribution >= 0.6 is 0 Å². The van der Waals surface area contributed by atoms with Crippen LogP contribution in [0, 0.1) is 0 Å². The summed E-state index contributed by atoms with van der Waals surface area (Å²) in [5, 5.41) is 8.80. The number of ether oxygens (including phenoxy) is 1. The standard InChI is InChI=1S/C12H11F16NO2/c13-5(14)7(17,18)9(21,22)11(25,26)12(27,28)10(23,24)8(19,20)6(15,16)3-31-2-4(30)1-29/h4-5,30H,1-3,29H2. The van der Waals surface area contributed by atoms with Crippen LogP contribution in [0.25, 0.3) is 0 Å². The summed E-state index contributed by atoms with van der Waals surface area (Å²) >= 11 is 0. The average molecular weight is 505 g/mol. The topological polar surface area (TPSA) is 55.5 Å². The molecule has 1 unspecified atom stereocenters. The van der Waals surface area contributed by atoms with Gasteiger partial charge in [0, 0.05) is 6.54 Å². The molecule has 0 aliphatic rings. The lowest BCUT2D eigenvalue weighted by atomic mass is 9.89. The van der Waals surface area contributed by atoms with Crippen LogP contribution in [0.2, 0.25) is 0 Å². The van der Waals surface area contributed by atoms with Crippen LogP contribution in [0.5, 0.6) is 0 Å². The molecule has 0 aromatic heterocycles. The van der Waals surface area contributed by atoms with Gasteiger partial charge in [-0.3, -0.25) is 0 Å². The van der Waals surface area contributed by atoms with Crippen molar-refractivity contribution >= 4 is 0 Å². The molecule has 0 heterocycles. The summed E-state index contributed by atoms with van der Waals surface area (Å²) in [6.07, 6.45) is -7.77. The predicted octanol–water partition coefficient (Wildman–Crippen LogP) is 4.03. The second-order valence-electron chi connectivity index (χ2n) is 5.90. The van der Waals surface area contributed by atoms with Crippen LogP contribution < -0.4 is 5.73 Å². The minimum atomic E-state index is -8.44. The molecule has 188 valence electrons. The molecule has 0 aliphatic carbocycles. The highest BCUT2D eigenvalue weighted by atomic mass is 19.4. The number of alkyl halides is 16. The minimum absolute atomic E-state index is 0.782. The molecule has 0 rings (SSSR count). The van der Waals surface area contributed by atoms with E-state index in [0.29, 0.717) is 0 Å². The molecular formula is C12H11F16NO2. The first-order valence-corrected chi connectivity index (χ1v) is 7.28. The van der Waals surface area contributed by atoms with Gasteiger partial charge in [-0.25, -0.2) is 8.78 Å². The second-order valence-corrected chi connectivity index (χ2v) is 5.90. The Bertz CT molecular complexity index is 607. The number of hydrogen-bond donors (Lipinski definition) is 2. The number of rotatable bonds is 12. The molecule has 0 aromatic carbocycles. The molecule has 0 aliphatic heterocycles. The van der Waals surface area contributed by atoms with Crippen LogP contribution in [-0.2, 0) is 4.74 Å². The number of aliphatic hydroxyl groups excluding tert-OH is 1. The molecular weight excluding hydrogens is 494 g/mol. The second kappa shape index (κ2) is 8.60. The van der Waals surface area contributed by atoms with Gasteiger partial charge < -0.3 is 15.6 Å². The Morgan fingerprint density at radius 3 is 1.35 bits per heavy atom. The highest BCUT2D eigenvalue weighted by Crippen LogP contribution is 2.62. The summed E-state index contributed by atoms with van der Waals surface area (Å²) in [6, 6.07) is 0. The van der Waals surface area contributed by atoms with Gasteiger partial charge >= 0.3 is 47.9 Å². The first-order valence-electron chi connectivity index (χ1n) is 7.28. The number of aliphatic hydroxyl groups is 1. The molecule has 31 heavy (non-hydrogen) atoms. The Morgan fingerprint density at radius 1 is 0.645 bits per heavy atom. The zero-order chi connectivity index (χ0) is 25.5. The van der Waals surface area contributed by atoms with Crippen LogP contribution in [-0.4, -0.2) is 78.9 Å². The van der Waals surface area contributed by atoms with Crippen LogP contribution in [0.4, 0.5) is 70.2 Å². The lowest BCUT2D eigenvalue weighted by molar-refractivity contribution is -0.448. The van der Waals surface area contributed by atoms with Crippen molar-refractivity contribution in [2.45, 2.75) is 54.0 Å². The number of halogens is 16. The van der Waals surface area contributed by atoms with Crippen LogP contribution in [0.1, 0.15) is 0 Å². The molecule has 0 aromatic rings. The largest absolute Gasteiger partial charge is 0.389 e. The van der Waals surface area contributed by atoms with Gasteiger partial charge in [0.05, 0.1) is 12.7 Å².